The van der Waals surface area contributed by atoms with Crippen molar-refractivity contribution in [3.63, 3.8) is 0 Å². The molecule has 1 aromatic heterocycles. The maximum absolute atomic E-state index is 4.79. The second-order valence-electron chi connectivity index (χ2n) is 7.02. The zero-order valence-corrected chi connectivity index (χ0v) is 19.1. The van der Waals surface area contributed by atoms with Crippen LogP contribution in [0, 0.1) is 0 Å². The van der Waals surface area contributed by atoms with Crippen LogP contribution in [0.2, 0.25) is 0 Å². The minimum atomic E-state index is 0. The average Bonchev–Trinajstić information content (AvgIpc) is 3.33. The average molecular weight is 491 g/mol. The molecule has 0 spiro atoms. The molecule has 3 rings (SSSR count). The number of piperidine rings is 1. The van der Waals surface area contributed by atoms with Gasteiger partial charge < -0.3 is 20.4 Å². The van der Waals surface area contributed by atoms with E-state index in [0.29, 0.717) is 6.04 Å². The van der Waals surface area contributed by atoms with Crippen LogP contribution in [0.15, 0.2) is 22.5 Å². The molecular formula is C19H34IN5S. The normalized spacial score (nSPS) is 19.4. The Labute approximate surface area is 179 Å². The topological polar surface area (TPSA) is 42.9 Å². The number of guanidine groups is 1. The molecule has 2 aliphatic rings. The van der Waals surface area contributed by atoms with Gasteiger partial charge in [0.2, 0.25) is 0 Å². The lowest BCUT2D eigenvalue weighted by Gasteiger charge is -2.33. The Balaban J connectivity index is 0.00000243. The summed E-state index contributed by atoms with van der Waals surface area (Å²) in [6.45, 7) is 10.0. The van der Waals surface area contributed by atoms with Crippen molar-refractivity contribution in [3.8, 4) is 0 Å². The Morgan fingerprint density at radius 3 is 2.65 bits per heavy atom. The van der Waals surface area contributed by atoms with E-state index in [0.717, 1.165) is 38.6 Å². The van der Waals surface area contributed by atoms with Crippen LogP contribution in [0.3, 0.4) is 0 Å². The van der Waals surface area contributed by atoms with Gasteiger partial charge >= 0.3 is 0 Å². The highest BCUT2D eigenvalue weighted by molar-refractivity contribution is 14.0. The molecule has 0 bridgehead atoms. The van der Waals surface area contributed by atoms with Crippen LogP contribution in [-0.4, -0.2) is 62.7 Å². The number of nitrogens with one attached hydrogen (secondary N) is 2. The van der Waals surface area contributed by atoms with E-state index >= 15 is 0 Å². The van der Waals surface area contributed by atoms with Crippen LogP contribution >= 0.6 is 35.3 Å². The molecule has 0 amide bonds. The molecular weight excluding hydrogens is 457 g/mol. The molecule has 3 heterocycles. The molecule has 0 aromatic carbocycles. The number of anilines is 1. The van der Waals surface area contributed by atoms with Crippen LogP contribution in [-0.2, 0) is 0 Å². The summed E-state index contributed by atoms with van der Waals surface area (Å²) in [7, 11) is 0. The third kappa shape index (κ3) is 6.88. The number of hydrogen-bond donors (Lipinski definition) is 2. The third-order valence-corrected chi connectivity index (χ3v) is 6.03. The van der Waals surface area contributed by atoms with Gasteiger partial charge in [0.1, 0.15) is 0 Å². The molecule has 2 N–H and O–H groups in total. The van der Waals surface area contributed by atoms with E-state index in [9.17, 15) is 0 Å². The van der Waals surface area contributed by atoms with E-state index in [1.807, 2.05) is 11.3 Å². The highest BCUT2D eigenvalue weighted by Gasteiger charge is 2.20. The molecule has 148 valence electrons. The molecule has 1 aromatic rings. The monoisotopic (exact) mass is 491 g/mol. The number of hydrogen-bond acceptors (Lipinski definition) is 4. The second-order valence-corrected chi connectivity index (χ2v) is 7.95. The van der Waals surface area contributed by atoms with E-state index in [1.165, 1.54) is 50.3 Å². The number of nitrogens with zero attached hydrogens (tertiary/aromatic N) is 3. The summed E-state index contributed by atoms with van der Waals surface area (Å²) in [5, 5.41) is 10.6. The second kappa shape index (κ2) is 12.0. The quantitative estimate of drug-likeness (QED) is 0.266. The summed E-state index contributed by atoms with van der Waals surface area (Å²) >= 11 is 1.84. The Morgan fingerprint density at radius 2 is 2.00 bits per heavy atom. The summed E-state index contributed by atoms with van der Waals surface area (Å²) in [5.74, 6) is 0.999. The molecule has 0 saturated carbocycles. The van der Waals surface area contributed by atoms with Crippen molar-refractivity contribution in [1.82, 2.24) is 15.5 Å². The molecule has 26 heavy (non-hydrogen) atoms. The molecule has 0 radical (unpaired) electrons. The van der Waals surface area contributed by atoms with Crippen LogP contribution in [0.5, 0.6) is 0 Å². The first kappa shape index (κ1) is 21.8. The van der Waals surface area contributed by atoms with E-state index in [1.54, 1.807) is 0 Å². The minimum Gasteiger partial charge on any atom is -0.363 e. The first-order chi connectivity index (χ1) is 12.3. The Morgan fingerprint density at radius 1 is 1.23 bits per heavy atom. The summed E-state index contributed by atoms with van der Waals surface area (Å²) in [6, 6.07) is 4.90. The Bertz CT molecular complexity index is 508. The first-order valence-corrected chi connectivity index (χ1v) is 10.8. The summed E-state index contributed by atoms with van der Waals surface area (Å²) in [4.78, 5) is 9.86. The van der Waals surface area contributed by atoms with E-state index in [4.69, 9.17) is 4.99 Å². The lowest BCUT2D eigenvalue weighted by Crippen LogP contribution is -2.48. The lowest BCUT2D eigenvalue weighted by atomic mass is 10.1. The Hall–Kier alpha value is -0.540. The maximum atomic E-state index is 4.79. The van der Waals surface area contributed by atoms with Gasteiger partial charge in [0, 0.05) is 32.2 Å². The number of rotatable bonds is 7. The fraction of sp³-hybridized carbons (Fsp3) is 0.737. The van der Waals surface area contributed by atoms with Crippen molar-refractivity contribution in [3.05, 3.63) is 17.5 Å². The Kier molecular flexibility index (Phi) is 10.1. The largest absolute Gasteiger partial charge is 0.363 e. The molecule has 7 heteroatoms. The van der Waals surface area contributed by atoms with Gasteiger partial charge in [0.25, 0.3) is 0 Å². The number of aliphatic imine (C=N–C) groups is 1. The van der Waals surface area contributed by atoms with Gasteiger partial charge in [-0.2, -0.15) is 0 Å². The smallest absolute Gasteiger partial charge is 0.191 e. The molecule has 2 aliphatic heterocycles. The first-order valence-electron chi connectivity index (χ1n) is 9.91. The van der Waals surface area contributed by atoms with Gasteiger partial charge in [0.15, 0.2) is 5.96 Å². The maximum Gasteiger partial charge on any atom is 0.191 e. The van der Waals surface area contributed by atoms with E-state index in [-0.39, 0.29) is 24.0 Å². The van der Waals surface area contributed by atoms with Gasteiger partial charge in [-0.1, -0.05) is 0 Å². The highest BCUT2D eigenvalue weighted by atomic mass is 127. The van der Waals surface area contributed by atoms with Gasteiger partial charge in [-0.15, -0.1) is 35.3 Å². The molecule has 5 nitrogen and oxygen atoms in total. The van der Waals surface area contributed by atoms with Crippen molar-refractivity contribution in [2.24, 2.45) is 4.99 Å². The lowest BCUT2D eigenvalue weighted by molar-refractivity contribution is 0.336. The van der Waals surface area contributed by atoms with Gasteiger partial charge in [-0.25, -0.2) is 0 Å². The SMILES string of the molecule is CCNC(=NCCCN1CCCC1)NC1CCN(c2cccs2)CC1.I. The highest BCUT2D eigenvalue weighted by Crippen LogP contribution is 2.24. The van der Waals surface area contributed by atoms with E-state index < -0.39 is 0 Å². The van der Waals surface area contributed by atoms with Gasteiger partial charge in [-0.3, -0.25) is 4.99 Å². The molecule has 2 saturated heterocycles. The fourth-order valence-electron chi connectivity index (χ4n) is 3.70. The predicted octanol–water partition coefficient (Wildman–Crippen LogP) is 3.38. The van der Waals surface area contributed by atoms with Gasteiger partial charge in [-0.05, 0) is 76.2 Å². The summed E-state index contributed by atoms with van der Waals surface area (Å²) in [6.07, 6.45) is 6.26. The van der Waals surface area contributed by atoms with Crippen LogP contribution in [0.1, 0.15) is 39.0 Å². The predicted molar refractivity (Wildman–Crippen MR) is 124 cm³/mol. The van der Waals surface area contributed by atoms with E-state index in [2.05, 4.69) is 44.9 Å². The van der Waals surface area contributed by atoms with Gasteiger partial charge in [0.05, 0.1) is 5.00 Å². The molecule has 2 fully saturated rings. The summed E-state index contributed by atoms with van der Waals surface area (Å²) in [5.41, 5.74) is 0. The fourth-order valence-corrected chi connectivity index (χ4v) is 4.48. The zero-order chi connectivity index (χ0) is 17.3. The van der Waals surface area contributed by atoms with Crippen molar-refractivity contribution < 1.29 is 0 Å². The van der Waals surface area contributed by atoms with Crippen molar-refractivity contribution in [2.45, 2.75) is 45.1 Å². The minimum absolute atomic E-state index is 0. The van der Waals surface area contributed by atoms with Crippen molar-refractivity contribution in [1.29, 1.82) is 0 Å². The van der Waals surface area contributed by atoms with Crippen LogP contribution in [0.4, 0.5) is 5.00 Å². The third-order valence-electron chi connectivity index (χ3n) is 5.10. The molecule has 0 atom stereocenters. The van der Waals surface area contributed by atoms with Crippen molar-refractivity contribution in [2.75, 3.05) is 50.7 Å². The number of halogens is 1. The molecule has 0 aliphatic carbocycles. The zero-order valence-electron chi connectivity index (χ0n) is 16.0. The number of thiophene rings is 1. The number of likely N-dealkylation sites (tertiary alicyclic amines) is 1. The van der Waals surface area contributed by atoms with Crippen LogP contribution in [0.25, 0.3) is 0 Å². The van der Waals surface area contributed by atoms with Crippen LogP contribution < -0.4 is 15.5 Å². The standard InChI is InChI=1S/C19H33N5S.HI/c1-2-20-19(21-10-6-13-23-11-3-4-12-23)22-17-8-14-24(15-9-17)18-7-5-16-25-18;/h5,7,16-17H,2-4,6,8-15H2,1H3,(H2,20,21,22);1H. The summed E-state index contributed by atoms with van der Waals surface area (Å²) < 4.78 is 0. The molecule has 0 unspecified atom stereocenters. The van der Waals surface area contributed by atoms with Crippen molar-refractivity contribution >= 4 is 46.3 Å².